The van der Waals surface area contributed by atoms with Gasteiger partial charge in [-0.1, -0.05) is 6.92 Å². The summed E-state index contributed by atoms with van der Waals surface area (Å²) in [7, 11) is 0. The molecule has 0 spiro atoms. The second kappa shape index (κ2) is 6.22. The molecule has 1 heterocycles. The summed E-state index contributed by atoms with van der Waals surface area (Å²) in [4.78, 5) is 12.0. The largest absolute Gasteiger partial charge is 0.491 e. The van der Waals surface area contributed by atoms with Gasteiger partial charge in [-0.2, -0.15) is 0 Å². The van der Waals surface area contributed by atoms with E-state index in [0.29, 0.717) is 11.7 Å². The average Bonchev–Trinajstić information content (AvgIpc) is 2.29. The van der Waals surface area contributed by atoms with E-state index in [4.69, 9.17) is 4.74 Å². The van der Waals surface area contributed by atoms with Crippen LogP contribution in [0.2, 0.25) is 0 Å². The first kappa shape index (κ1) is 14.8. The van der Waals surface area contributed by atoms with E-state index in [9.17, 15) is 9.18 Å². The SMILES string of the molecule is CC(C)Oc1ccc(NC(=O)C(C)C2CNC2)c(F)c1. The Bertz CT molecular complexity index is 487. The molecule has 1 aromatic carbocycles. The number of ether oxygens (including phenoxy) is 1. The number of anilines is 1. The minimum atomic E-state index is -0.476. The van der Waals surface area contributed by atoms with Crippen molar-refractivity contribution in [3.63, 3.8) is 0 Å². The second-order valence-corrected chi connectivity index (χ2v) is 5.50. The maximum Gasteiger partial charge on any atom is 0.227 e. The van der Waals surface area contributed by atoms with E-state index in [-0.39, 0.29) is 23.6 Å². The van der Waals surface area contributed by atoms with Crippen molar-refractivity contribution in [2.45, 2.75) is 26.9 Å². The predicted octanol–water partition coefficient (Wildman–Crippen LogP) is 2.41. The molecule has 0 aliphatic carbocycles. The normalized spacial score (nSPS) is 16.6. The number of hydrogen-bond donors (Lipinski definition) is 2. The number of halogens is 1. The van der Waals surface area contributed by atoms with Gasteiger partial charge in [0.1, 0.15) is 11.6 Å². The van der Waals surface area contributed by atoms with Gasteiger partial charge in [-0.25, -0.2) is 4.39 Å². The Labute approximate surface area is 118 Å². The van der Waals surface area contributed by atoms with E-state index in [1.54, 1.807) is 6.07 Å². The molecule has 1 aliphatic heterocycles. The van der Waals surface area contributed by atoms with Gasteiger partial charge < -0.3 is 15.4 Å². The zero-order valence-electron chi connectivity index (χ0n) is 12.1. The fraction of sp³-hybridized carbons (Fsp3) is 0.533. The fourth-order valence-corrected chi connectivity index (χ4v) is 2.07. The highest BCUT2D eigenvalue weighted by Crippen LogP contribution is 2.23. The summed E-state index contributed by atoms with van der Waals surface area (Å²) in [5.41, 5.74) is 0.199. The third-order valence-corrected chi connectivity index (χ3v) is 3.50. The summed E-state index contributed by atoms with van der Waals surface area (Å²) in [6.45, 7) is 7.31. The summed E-state index contributed by atoms with van der Waals surface area (Å²) in [5, 5.41) is 5.77. The highest BCUT2D eigenvalue weighted by atomic mass is 19.1. The van der Waals surface area contributed by atoms with E-state index < -0.39 is 5.82 Å². The van der Waals surface area contributed by atoms with Gasteiger partial charge in [-0.05, 0) is 45.0 Å². The molecule has 1 atom stereocenters. The number of carbonyl (C=O) groups excluding carboxylic acids is 1. The van der Waals surface area contributed by atoms with Gasteiger partial charge in [0.2, 0.25) is 5.91 Å². The number of carbonyl (C=O) groups is 1. The minimum Gasteiger partial charge on any atom is -0.491 e. The predicted molar refractivity (Wildman–Crippen MR) is 76.3 cm³/mol. The molecule has 5 heteroatoms. The van der Waals surface area contributed by atoms with Crippen molar-refractivity contribution < 1.29 is 13.9 Å². The van der Waals surface area contributed by atoms with Crippen LogP contribution < -0.4 is 15.4 Å². The van der Waals surface area contributed by atoms with Crippen LogP contribution in [0.3, 0.4) is 0 Å². The highest BCUT2D eigenvalue weighted by Gasteiger charge is 2.29. The average molecular weight is 280 g/mol. The molecular formula is C15H21FN2O2. The lowest BCUT2D eigenvalue weighted by molar-refractivity contribution is -0.121. The van der Waals surface area contributed by atoms with Crippen molar-refractivity contribution in [2.75, 3.05) is 18.4 Å². The van der Waals surface area contributed by atoms with Crippen LogP contribution in [-0.2, 0) is 4.79 Å². The van der Waals surface area contributed by atoms with E-state index >= 15 is 0 Å². The van der Waals surface area contributed by atoms with Crippen molar-refractivity contribution >= 4 is 11.6 Å². The van der Waals surface area contributed by atoms with Gasteiger partial charge in [-0.15, -0.1) is 0 Å². The summed E-state index contributed by atoms with van der Waals surface area (Å²) >= 11 is 0. The third kappa shape index (κ3) is 3.48. The van der Waals surface area contributed by atoms with Gasteiger partial charge in [0.05, 0.1) is 11.8 Å². The summed E-state index contributed by atoms with van der Waals surface area (Å²) in [6, 6.07) is 4.50. The lowest BCUT2D eigenvalue weighted by atomic mass is 9.88. The molecule has 1 unspecified atom stereocenters. The quantitative estimate of drug-likeness (QED) is 0.871. The Morgan fingerprint density at radius 3 is 2.60 bits per heavy atom. The molecule has 1 amide bonds. The van der Waals surface area contributed by atoms with Crippen LogP contribution in [-0.4, -0.2) is 25.1 Å². The number of hydrogen-bond acceptors (Lipinski definition) is 3. The Kier molecular flexibility index (Phi) is 4.60. The first-order valence-electron chi connectivity index (χ1n) is 6.95. The number of nitrogens with one attached hydrogen (secondary N) is 2. The van der Waals surface area contributed by atoms with Crippen LogP contribution in [0.4, 0.5) is 10.1 Å². The van der Waals surface area contributed by atoms with Crippen molar-refractivity contribution in [3.05, 3.63) is 24.0 Å². The molecule has 1 saturated heterocycles. The molecule has 0 bridgehead atoms. The molecule has 0 radical (unpaired) electrons. The molecular weight excluding hydrogens is 259 g/mol. The fourth-order valence-electron chi connectivity index (χ4n) is 2.07. The molecule has 1 fully saturated rings. The minimum absolute atomic E-state index is 0.0130. The van der Waals surface area contributed by atoms with Crippen LogP contribution in [0.5, 0.6) is 5.75 Å². The molecule has 110 valence electrons. The molecule has 2 rings (SSSR count). The zero-order chi connectivity index (χ0) is 14.7. The lowest BCUT2D eigenvalue weighted by Gasteiger charge is -2.31. The highest BCUT2D eigenvalue weighted by molar-refractivity contribution is 5.92. The van der Waals surface area contributed by atoms with Gasteiger partial charge in [-0.3, -0.25) is 4.79 Å². The summed E-state index contributed by atoms with van der Waals surface area (Å²) < 4.78 is 19.3. The molecule has 2 N–H and O–H groups in total. The van der Waals surface area contributed by atoms with Crippen molar-refractivity contribution in [2.24, 2.45) is 11.8 Å². The maximum atomic E-state index is 13.9. The van der Waals surface area contributed by atoms with Gasteiger partial charge >= 0.3 is 0 Å². The van der Waals surface area contributed by atoms with Crippen molar-refractivity contribution in [1.82, 2.24) is 5.32 Å². The Hall–Kier alpha value is -1.62. The van der Waals surface area contributed by atoms with Crippen molar-refractivity contribution in [3.8, 4) is 5.75 Å². The van der Waals surface area contributed by atoms with E-state index in [1.807, 2.05) is 20.8 Å². The Morgan fingerprint density at radius 2 is 2.10 bits per heavy atom. The zero-order valence-corrected chi connectivity index (χ0v) is 12.1. The standard InChI is InChI=1S/C15H21FN2O2/c1-9(2)20-12-4-5-14(13(16)6-12)18-15(19)10(3)11-7-17-8-11/h4-6,9-11,17H,7-8H2,1-3H3,(H,18,19). The van der Waals surface area contributed by atoms with Crippen LogP contribution in [0.15, 0.2) is 18.2 Å². The van der Waals surface area contributed by atoms with Crippen LogP contribution >= 0.6 is 0 Å². The Morgan fingerprint density at radius 1 is 1.40 bits per heavy atom. The third-order valence-electron chi connectivity index (χ3n) is 3.50. The van der Waals surface area contributed by atoms with Gasteiger partial charge in [0.15, 0.2) is 0 Å². The topological polar surface area (TPSA) is 50.4 Å². The van der Waals surface area contributed by atoms with E-state index in [0.717, 1.165) is 13.1 Å². The smallest absolute Gasteiger partial charge is 0.227 e. The van der Waals surface area contributed by atoms with E-state index in [2.05, 4.69) is 10.6 Å². The lowest BCUT2D eigenvalue weighted by Crippen LogP contribution is -2.48. The molecule has 1 aliphatic rings. The van der Waals surface area contributed by atoms with E-state index in [1.165, 1.54) is 12.1 Å². The number of rotatable bonds is 5. The first-order valence-corrected chi connectivity index (χ1v) is 6.95. The monoisotopic (exact) mass is 280 g/mol. The summed E-state index contributed by atoms with van der Waals surface area (Å²) in [6.07, 6.45) is -0.0130. The molecule has 1 aromatic rings. The number of amides is 1. The van der Waals surface area contributed by atoms with Crippen molar-refractivity contribution in [1.29, 1.82) is 0 Å². The summed E-state index contributed by atoms with van der Waals surface area (Å²) in [5.74, 6) is 0.0546. The molecule has 0 aromatic heterocycles. The maximum absolute atomic E-state index is 13.9. The second-order valence-electron chi connectivity index (χ2n) is 5.50. The van der Waals surface area contributed by atoms with Gasteiger partial charge in [0.25, 0.3) is 0 Å². The Balaban J connectivity index is 2.00. The van der Waals surface area contributed by atoms with Crippen LogP contribution in [0.25, 0.3) is 0 Å². The van der Waals surface area contributed by atoms with Crippen LogP contribution in [0, 0.1) is 17.7 Å². The van der Waals surface area contributed by atoms with Gasteiger partial charge in [0, 0.05) is 12.0 Å². The number of benzene rings is 1. The van der Waals surface area contributed by atoms with Crippen LogP contribution in [0.1, 0.15) is 20.8 Å². The molecule has 0 saturated carbocycles. The molecule has 20 heavy (non-hydrogen) atoms. The first-order chi connectivity index (χ1) is 9.47. The molecule has 4 nitrogen and oxygen atoms in total.